The first-order valence-electron chi connectivity index (χ1n) is 11.2. The number of nitrogens with one attached hydrogen (secondary N) is 1. The SMILES string of the molecule is CN(C)C(=O)c1cccc(N2CCOC(C(O)C(=O)Nc3ccc4c(c3)CN=C4N)C2=O)c1OC(F)F. The Morgan fingerprint density at radius 1 is 1.30 bits per heavy atom. The number of para-hydroxylation sites is 1. The van der Waals surface area contributed by atoms with E-state index in [9.17, 15) is 28.3 Å². The summed E-state index contributed by atoms with van der Waals surface area (Å²) in [6.45, 7) is -3.12. The summed E-state index contributed by atoms with van der Waals surface area (Å²) in [5.74, 6) is -2.49. The van der Waals surface area contributed by atoms with Crippen LogP contribution in [0.3, 0.4) is 0 Å². The Morgan fingerprint density at radius 3 is 2.76 bits per heavy atom. The maximum Gasteiger partial charge on any atom is 0.387 e. The highest BCUT2D eigenvalue weighted by Gasteiger charge is 2.41. The summed E-state index contributed by atoms with van der Waals surface area (Å²) in [6, 6.07) is 8.95. The topological polar surface area (TPSA) is 147 Å². The zero-order chi connectivity index (χ0) is 26.9. The van der Waals surface area contributed by atoms with Gasteiger partial charge in [-0.15, -0.1) is 0 Å². The molecule has 2 heterocycles. The fraction of sp³-hybridized carbons (Fsp3) is 0.333. The summed E-state index contributed by atoms with van der Waals surface area (Å²) >= 11 is 0. The van der Waals surface area contributed by atoms with Crippen molar-refractivity contribution in [2.45, 2.75) is 25.4 Å². The van der Waals surface area contributed by atoms with Gasteiger partial charge in [0.15, 0.2) is 18.0 Å². The van der Waals surface area contributed by atoms with Gasteiger partial charge in [0, 0.05) is 31.9 Å². The summed E-state index contributed by atoms with van der Waals surface area (Å²) in [5.41, 5.74) is 7.39. The number of carbonyl (C=O) groups excluding carboxylic acids is 3. The molecule has 2 aliphatic heterocycles. The highest BCUT2D eigenvalue weighted by molar-refractivity contribution is 6.07. The number of benzene rings is 2. The van der Waals surface area contributed by atoms with Crippen LogP contribution < -0.4 is 20.7 Å². The summed E-state index contributed by atoms with van der Waals surface area (Å²) in [7, 11) is 2.88. The molecule has 196 valence electrons. The number of aliphatic imine (C=N–C) groups is 1. The predicted molar refractivity (Wildman–Crippen MR) is 129 cm³/mol. The van der Waals surface area contributed by atoms with E-state index >= 15 is 0 Å². The van der Waals surface area contributed by atoms with Crippen LogP contribution in [0.2, 0.25) is 0 Å². The van der Waals surface area contributed by atoms with E-state index in [2.05, 4.69) is 15.0 Å². The molecule has 2 atom stereocenters. The van der Waals surface area contributed by atoms with Gasteiger partial charge in [-0.2, -0.15) is 8.78 Å². The lowest BCUT2D eigenvalue weighted by molar-refractivity contribution is -0.150. The van der Waals surface area contributed by atoms with Gasteiger partial charge in [0.1, 0.15) is 5.84 Å². The highest BCUT2D eigenvalue weighted by Crippen LogP contribution is 2.36. The van der Waals surface area contributed by atoms with Crippen LogP contribution in [0.4, 0.5) is 20.2 Å². The molecule has 4 N–H and O–H groups in total. The Morgan fingerprint density at radius 2 is 2.05 bits per heavy atom. The molecular formula is C24H25F2N5O6. The monoisotopic (exact) mass is 517 g/mol. The van der Waals surface area contributed by atoms with Gasteiger partial charge in [0.2, 0.25) is 0 Å². The largest absolute Gasteiger partial charge is 0.432 e. The first-order chi connectivity index (χ1) is 17.6. The molecule has 2 unspecified atom stereocenters. The van der Waals surface area contributed by atoms with Gasteiger partial charge in [-0.3, -0.25) is 19.4 Å². The van der Waals surface area contributed by atoms with E-state index in [0.29, 0.717) is 18.1 Å². The molecule has 13 heteroatoms. The van der Waals surface area contributed by atoms with E-state index < -0.39 is 42.3 Å². The van der Waals surface area contributed by atoms with Crippen LogP contribution in [0.15, 0.2) is 41.4 Å². The number of hydrogen-bond donors (Lipinski definition) is 3. The molecule has 37 heavy (non-hydrogen) atoms. The maximum atomic E-state index is 13.3. The van der Waals surface area contributed by atoms with Crippen molar-refractivity contribution in [2.24, 2.45) is 10.7 Å². The number of amidine groups is 1. The molecule has 2 aromatic carbocycles. The van der Waals surface area contributed by atoms with Crippen molar-refractivity contribution in [2.75, 3.05) is 37.5 Å². The number of halogens is 2. The van der Waals surface area contributed by atoms with Crippen LogP contribution in [0.25, 0.3) is 0 Å². The normalized spacial score (nSPS) is 17.8. The van der Waals surface area contributed by atoms with Crippen LogP contribution in [-0.4, -0.2) is 79.6 Å². The minimum absolute atomic E-state index is 0.0882. The van der Waals surface area contributed by atoms with Gasteiger partial charge in [-0.05, 0) is 35.9 Å². The number of amides is 3. The van der Waals surface area contributed by atoms with Gasteiger partial charge >= 0.3 is 6.61 Å². The predicted octanol–water partition coefficient (Wildman–Crippen LogP) is 0.940. The number of hydrogen-bond acceptors (Lipinski definition) is 8. The van der Waals surface area contributed by atoms with E-state index in [1.54, 1.807) is 18.2 Å². The first-order valence-corrected chi connectivity index (χ1v) is 11.2. The minimum Gasteiger partial charge on any atom is -0.432 e. The van der Waals surface area contributed by atoms with E-state index in [-0.39, 0.29) is 24.4 Å². The fourth-order valence-electron chi connectivity index (χ4n) is 4.09. The minimum atomic E-state index is -3.27. The molecule has 2 aliphatic rings. The molecule has 1 saturated heterocycles. The third-order valence-electron chi connectivity index (χ3n) is 5.87. The quantitative estimate of drug-likeness (QED) is 0.495. The van der Waals surface area contributed by atoms with Gasteiger partial charge in [-0.1, -0.05) is 6.07 Å². The molecule has 11 nitrogen and oxygen atoms in total. The van der Waals surface area contributed by atoms with Crippen molar-refractivity contribution in [1.29, 1.82) is 0 Å². The molecule has 0 spiro atoms. The molecule has 0 aromatic heterocycles. The molecule has 3 amide bonds. The molecule has 0 radical (unpaired) electrons. The number of nitrogens with zero attached hydrogens (tertiary/aromatic N) is 3. The highest BCUT2D eigenvalue weighted by atomic mass is 19.3. The second-order valence-electron chi connectivity index (χ2n) is 8.52. The van der Waals surface area contributed by atoms with Crippen molar-refractivity contribution < 1.29 is 37.7 Å². The van der Waals surface area contributed by atoms with E-state index in [0.717, 1.165) is 16.0 Å². The summed E-state index contributed by atoms with van der Waals surface area (Å²) < 4.78 is 36.5. The number of aliphatic hydroxyl groups is 1. The summed E-state index contributed by atoms with van der Waals surface area (Å²) in [4.78, 5) is 44.9. The smallest absolute Gasteiger partial charge is 0.387 e. The van der Waals surface area contributed by atoms with Crippen molar-refractivity contribution in [3.05, 3.63) is 53.1 Å². The third kappa shape index (κ3) is 5.22. The first kappa shape index (κ1) is 26.0. The molecule has 1 fully saturated rings. The standard InChI is InChI=1S/C24H25F2N5O6/c1-30(2)22(34)15-4-3-5-16(18(15)37-24(25)26)31-8-9-36-19(23(31)35)17(32)21(33)29-13-6-7-14-12(10-13)11-28-20(14)27/h3-7,10,17,19,24,32H,8-9,11H2,1-2H3,(H2,27,28)(H,29,33). The summed E-state index contributed by atoms with van der Waals surface area (Å²) in [6.07, 6.45) is -3.55. The van der Waals surface area contributed by atoms with Crippen molar-refractivity contribution >= 4 is 34.9 Å². The summed E-state index contributed by atoms with van der Waals surface area (Å²) in [5, 5.41) is 13.2. The van der Waals surface area contributed by atoms with E-state index in [1.165, 1.54) is 37.2 Å². The molecule has 0 aliphatic carbocycles. The number of morpholine rings is 1. The van der Waals surface area contributed by atoms with Gasteiger partial charge in [0.25, 0.3) is 17.7 Å². The molecule has 4 rings (SSSR count). The van der Waals surface area contributed by atoms with Crippen LogP contribution in [0, 0.1) is 0 Å². The lowest BCUT2D eigenvalue weighted by atomic mass is 10.1. The molecule has 2 aromatic rings. The number of aliphatic hydroxyl groups excluding tert-OH is 1. The third-order valence-corrected chi connectivity index (χ3v) is 5.87. The molecular weight excluding hydrogens is 492 g/mol. The maximum absolute atomic E-state index is 13.3. The second kappa shape index (κ2) is 10.5. The van der Waals surface area contributed by atoms with Gasteiger partial charge in [-0.25, -0.2) is 0 Å². The number of alkyl halides is 2. The van der Waals surface area contributed by atoms with Crippen molar-refractivity contribution in [3.8, 4) is 5.75 Å². The lowest BCUT2D eigenvalue weighted by Gasteiger charge is -2.35. The zero-order valence-electron chi connectivity index (χ0n) is 20.0. The number of ether oxygens (including phenoxy) is 2. The average molecular weight is 517 g/mol. The zero-order valence-corrected chi connectivity index (χ0v) is 20.0. The van der Waals surface area contributed by atoms with Crippen LogP contribution >= 0.6 is 0 Å². The van der Waals surface area contributed by atoms with Crippen LogP contribution in [0.1, 0.15) is 21.5 Å². The average Bonchev–Trinajstić information content (AvgIpc) is 3.23. The number of fused-ring (bicyclic) bond motifs is 1. The Bertz CT molecular complexity index is 1270. The number of carbonyl (C=O) groups is 3. The Kier molecular flexibility index (Phi) is 7.36. The lowest BCUT2D eigenvalue weighted by Crippen LogP contribution is -2.55. The Hall–Kier alpha value is -4.10. The van der Waals surface area contributed by atoms with Crippen molar-refractivity contribution in [1.82, 2.24) is 4.90 Å². The number of rotatable bonds is 7. The van der Waals surface area contributed by atoms with Gasteiger partial charge < -0.3 is 35.4 Å². The van der Waals surface area contributed by atoms with Crippen LogP contribution in [0.5, 0.6) is 5.75 Å². The van der Waals surface area contributed by atoms with E-state index in [1.807, 2.05) is 0 Å². The number of nitrogens with two attached hydrogens (primary N) is 1. The Balaban J connectivity index is 1.56. The van der Waals surface area contributed by atoms with E-state index in [4.69, 9.17) is 10.5 Å². The van der Waals surface area contributed by atoms with Gasteiger partial charge in [0.05, 0.1) is 24.4 Å². The fourth-order valence-corrected chi connectivity index (χ4v) is 4.09. The Labute approximate surface area is 210 Å². The molecule has 0 bridgehead atoms. The van der Waals surface area contributed by atoms with Crippen LogP contribution in [-0.2, 0) is 20.9 Å². The number of anilines is 2. The van der Waals surface area contributed by atoms with Crippen molar-refractivity contribution in [3.63, 3.8) is 0 Å². The molecule has 0 saturated carbocycles. The second-order valence-corrected chi connectivity index (χ2v) is 8.52.